The van der Waals surface area contributed by atoms with Crippen molar-refractivity contribution < 1.29 is 19.1 Å². The standard InChI is InChI=1S/C15H16O4/c1-18-13(16)15(14(17)19-2)7-10-6-9-4-3-5-11(9)12(10)8-15/h3-6,10,12H,7-8H2,1-2H3/t10-,12+/m1/s1. The highest BCUT2D eigenvalue weighted by Gasteiger charge is 2.59. The van der Waals surface area contributed by atoms with Gasteiger partial charge in [-0.25, -0.2) is 0 Å². The van der Waals surface area contributed by atoms with E-state index >= 15 is 0 Å². The lowest BCUT2D eigenvalue weighted by atomic mass is 9.83. The minimum atomic E-state index is -1.13. The lowest BCUT2D eigenvalue weighted by Crippen LogP contribution is -2.39. The summed E-state index contributed by atoms with van der Waals surface area (Å²) in [7, 11) is 2.64. The summed E-state index contributed by atoms with van der Waals surface area (Å²) >= 11 is 0. The monoisotopic (exact) mass is 260 g/mol. The van der Waals surface area contributed by atoms with Gasteiger partial charge < -0.3 is 9.47 Å². The van der Waals surface area contributed by atoms with Crippen LogP contribution in [0, 0.1) is 17.3 Å². The summed E-state index contributed by atoms with van der Waals surface area (Å²) in [6.45, 7) is 0. The van der Waals surface area contributed by atoms with Crippen LogP contribution in [0.15, 0.2) is 35.5 Å². The Morgan fingerprint density at radius 1 is 1.21 bits per heavy atom. The summed E-state index contributed by atoms with van der Waals surface area (Å²) in [5, 5.41) is 0. The molecule has 0 aromatic rings. The molecule has 3 aliphatic rings. The molecular formula is C15H16O4. The molecule has 1 saturated carbocycles. The lowest BCUT2D eigenvalue weighted by Gasteiger charge is -2.23. The Bertz CT molecular complexity index is 522. The van der Waals surface area contributed by atoms with Crippen LogP contribution in [-0.4, -0.2) is 26.2 Å². The van der Waals surface area contributed by atoms with E-state index < -0.39 is 17.4 Å². The summed E-state index contributed by atoms with van der Waals surface area (Å²) in [6, 6.07) is 0. The summed E-state index contributed by atoms with van der Waals surface area (Å²) < 4.78 is 9.68. The maximum Gasteiger partial charge on any atom is 0.323 e. The highest BCUT2D eigenvalue weighted by molar-refractivity contribution is 6.00. The number of esters is 2. The van der Waals surface area contributed by atoms with Gasteiger partial charge >= 0.3 is 11.9 Å². The van der Waals surface area contributed by atoms with Crippen LogP contribution < -0.4 is 0 Å². The van der Waals surface area contributed by atoms with E-state index in [0.29, 0.717) is 12.8 Å². The van der Waals surface area contributed by atoms with Gasteiger partial charge in [0.1, 0.15) is 0 Å². The van der Waals surface area contributed by atoms with Gasteiger partial charge in [-0.1, -0.05) is 24.3 Å². The molecular weight excluding hydrogens is 244 g/mol. The van der Waals surface area contributed by atoms with Crippen molar-refractivity contribution in [2.75, 3.05) is 14.2 Å². The topological polar surface area (TPSA) is 52.6 Å². The summed E-state index contributed by atoms with van der Waals surface area (Å²) in [6.07, 6.45) is 9.27. The number of hydrogen-bond donors (Lipinski definition) is 0. The van der Waals surface area contributed by atoms with Gasteiger partial charge in [0, 0.05) is 0 Å². The molecule has 0 N–H and O–H groups in total. The second kappa shape index (κ2) is 4.08. The zero-order valence-corrected chi connectivity index (χ0v) is 11.0. The SMILES string of the molecule is COC(=O)C1(C(=O)OC)C[C@H]2C=C3C=CC=C3[C@H]2C1. The molecule has 0 aliphatic heterocycles. The first-order chi connectivity index (χ1) is 9.12. The van der Waals surface area contributed by atoms with E-state index in [1.54, 1.807) is 0 Å². The molecule has 4 heteroatoms. The van der Waals surface area contributed by atoms with E-state index in [9.17, 15) is 9.59 Å². The van der Waals surface area contributed by atoms with Crippen molar-refractivity contribution in [1.82, 2.24) is 0 Å². The Kier molecular flexibility index (Phi) is 2.62. The predicted octanol–water partition coefficient (Wildman–Crippen LogP) is 1.78. The lowest BCUT2D eigenvalue weighted by molar-refractivity contribution is -0.169. The molecule has 3 rings (SSSR count). The Morgan fingerprint density at radius 2 is 1.89 bits per heavy atom. The summed E-state index contributed by atoms with van der Waals surface area (Å²) in [5.41, 5.74) is 1.34. The molecule has 1 fully saturated rings. The maximum atomic E-state index is 12.1. The van der Waals surface area contributed by atoms with Crippen molar-refractivity contribution in [3.8, 4) is 0 Å². The Balaban J connectivity index is 1.95. The molecule has 0 aromatic heterocycles. The number of carbonyl (C=O) groups is 2. The number of carbonyl (C=O) groups excluding carboxylic acids is 2. The second-order valence-electron chi connectivity index (χ2n) is 5.35. The highest BCUT2D eigenvalue weighted by atomic mass is 16.5. The van der Waals surface area contributed by atoms with Gasteiger partial charge in [-0.05, 0) is 35.8 Å². The van der Waals surface area contributed by atoms with E-state index in [0.717, 1.165) is 0 Å². The average Bonchev–Trinajstić information content (AvgIpc) is 3.06. The van der Waals surface area contributed by atoms with E-state index in [2.05, 4.69) is 18.2 Å². The average molecular weight is 260 g/mol. The smallest absolute Gasteiger partial charge is 0.323 e. The number of allylic oxidation sites excluding steroid dienone is 6. The van der Waals surface area contributed by atoms with Gasteiger partial charge in [0.2, 0.25) is 0 Å². The quantitative estimate of drug-likeness (QED) is 0.561. The van der Waals surface area contributed by atoms with Gasteiger partial charge in [-0.3, -0.25) is 9.59 Å². The molecule has 0 bridgehead atoms. The van der Waals surface area contributed by atoms with E-state index in [1.165, 1.54) is 25.4 Å². The predicted molar refractivity (Wildman–Crippen MR) is 68.0 cm³/mol. The van der Waals surface area contributed by atoms with E-state index in [-0.39, 0.29) is 11.8 Å². The minimum absolute atomic E-state index is 0.225. The van der Waals surface area contributed by atoms with Crippen LogP contribution >= 0.6 is 0 Å². The second-order valence-corrected chi connectivity index (χ2v) is 5.35. The molecule has 2 atom stereocenters. The minimum Gasteiger partial charge on any atom is -0.468 e. The number of rotatable bonds is 2. The Labute approximate surface area is 111 Å². The maximum absolute atomic E-state index is 12.1. The summed E-state index contributed by atoms with van der Waals surface area (Å²) in [5.74, 6) is -0.502. The van der Waals surface area contributed by atoms with Gasteiger partial charge in [-0.2, -0.15) is 0 Å². The van der Waals surface area contributed by atoms with Crippen molar-refractivity contribution in [3.63, 3.8) is 0 Å². The fraction of sp³-hybridized carbons (Fsp3) is 0.467. The molecule has 4 nitrogen and oxygen atoms in total. The number of ether oxygens (including phenoxy) is 2. The van der Waals surface area contributed by atoms with Crippen LogP contribution in [0.4, 0.5) is 0 Å². The largest absolute Gasteiger partial charge is 0.468 e. The van der Waals surface area contributed by atoms with E-state index in [1.807, 2.05) is 6.08 Å². The van der Waals surface area contributed by atoms with Crippen molar-refractivity contribution in [2.45, 2.75) is 12.8 Å². The molecule has 0 spiro atoms. The summed E-state index contributed by atoms with van der Waals surface area (Å²) in [4.78, 5) is 24.2. The van der Waals surface area contributed by atoms with Crippen LogP contribution in [0.2, 0.25) is 0 Å². The van der Waals surface area contributed by atoms with Crippen molar-refractivity contribution in [3.05, 3.63) is 35.5 Å². The highest BCUT2D eigenvalue weighted by Crippen LogP contribution is 2.56. The molecule has 0 saturated heterocycles. The zero-order valence-electron chi connectivity index (χ0n) is 11.0. The van der Waals surface area contributed by atoms with Crippen LogP contribution in [0.1, 0.15) is 12.8 Å². The molecule has 0 aromatic carbocycles. The Hall–Kier alpha value is -1.84. The van der Waals surface area contributed by atoms with Gasteiger partial charge in [0.25, 0.3) is 0 Å². The Morgan fingerprint density at radius 3 is 2.53 bits per heavy atom. The van der Waals surface area contributed by atoms with Crippen molar-refractivity contribution in [1.29, 1.82) is 0 Å². The van der Waals surface area contributed by atoms with Gasteiger partial charge in [-0.15, -0.1) is 0 Å². The van der Waals surface area contributed by atoms with Gasteiger partial charge in [0.05, 0.1) is 14.2 Å². The fourth-order valence-corrected chi connectivity index (χ4v) is 3.65. The third kappa shape index (κ3) is 1.52. The third-order valence-electron chi connectivity index (χ3n) is 4.50. The van der Waals surface area contributed by atoms with Crippen LogP contribution in [0.25, 0.3) is 0 Å². The molecule has 0 unspecified atom stereocenters. The number of hydrogen-bond acceptors (Lipinski definition) is 4. The number of fused-ring (bicyclic) bond motifs is 3. The first kappa shape index (κ1) is 12.2. The molecule has 0 heterocycles. The van der Waals surface area contributed by atoms with E-state index in [4.69, 9.17) is 9.47 Å². The molecule has 0 radical (unpaired) electrons. The molecule has 3 aliphatic carbocycles. The van der Waals surface area contributed by atoms with Crippen LogP contribution in [0.3, 0.4) is 0 Å². The first-order valence-electron chi connectivity index (χ1n) is 6.39. The van der Waals surface area contributed by atoms with Crippen LogP contribution in [0.5, 0.6) is 0 Å². The molecule has 19 heavy (non-hydrogen) atoms. The zero-order chi connectivity index (χ0) is 13.6. The first-order valence-corrected chi connectivity index (χ1v) is 6.39. The number of methoxy groups -OCH3 is 2. The molecule has 0 amide bonds. The van der Waals surface area contributed by atoms with Gasteiger partial charge in [0.15, 0.2) is 5.41 Å². The van der Waals surface area contributed by atoms with Crippen LogP contribution in [-0.2, 0) is 19.1 Å². The third-order valence-corrected chi connectivity index (χ3v) is 4.50. The van der Waals surface area contributed by atoms with Crippen molar-refractivity contribution in [2.24, 2.45) is 17.3 Å². The van der Waals surface area contributed by atoms with Crippen molar-refractivity contribution >= 4 is 11.9 Å². The normalized spacial score (nSPS) is 29.4. The fourth-order valence-electron chi connectivity index (χ4n) is 3.65. The molecule has 100 valence electrons.